The zero-order chi connectivity index (χ0) is 14.8. The highest BCUT2D eigenvalue weighted by atomic mass is 32.2. The van der Waals surface area contributed by atoms with Gasteiger partial charge in [0.15, 0.2) is 9.84 Å². The predicted octanol–water partition coefficient (Wildman–Crippen LogP) is 1.61. The Kier molecular flexibility index (Phi) is 4.32. The summed E-state index contributed by atoms with van der Waals surface area (Å²) in [6, 6.07) is 5.32. The number of hydrogen-bond donors (Lipinski definition) is 2. The molecule has 0 spiro atoms. The number of rotatable bonds is 4. The molecule has 0 aromatic heterocycles. The summed E-state index contributed by atoms with van der Waals surface area (Å²) in [6.45, 7) is 1.40. The second-order valence-corrected chi connectivity index (χ2v) is 7.44. The highest BCUT2D eigenvalue weighted by Crippen LogP contribution is 2.21. The second kappa shape index (κ2) is 5.83. The van der Waals surface area contributed by atoms with E-state index in [1.807, 2.05) is 0 Å². The lowest BCUT2D eigenvalue weighted by Crippen LogP contribution is -2.42. The molecule has 20 heavy (non-hydrogen) atoms. The van der Waals surface area contributed by atoms with Crippen molar-refractivity contribution < 1.29 is 18.3 Å². The van der Waals surface area contributed by atoms with Gasteiger partial charge < -0.3 is 10.4 Å². The molecule has 1 fully saturated rings. The zero-order valence-corrected chi connectivity index (χ0v) is 12.2. The minimum Gasteiger partial charge on any atom is -0.508 e. The summed E-state index contributed by atoms with van der Waals surface area (Å²) in [5, 5.41) is 10.9. The van der Waals surface area contributed by atoms with Gasteiger partial charge in [-0.05, 0) is 44.0 Å². The Balaban J connectivity index is 2.11. The molecule has 1 saturated carbocycles. The number of nitrogens with one attached hydrogen (secondary N) is 1. The molecular weight excluding hydrogens is 278 g/mol. The van der Waals surface area contributed by atoms with Gasteiger partial charge in [0.05, 0.1) is 4.90 Å². The van der Waals surface area contributed by atoms with E-state index >= 15 is 0 Å². The van der Waals surface area contributed by atoms with Crippen molar-refractivity contribution in [3.8, 4) is 5.75 Å². The normalized spacial score (nSPS) is 17.9. The van der Waals surface area contributed by atoms with Crippen LogP contribution >= 0.6 is 0 Å². The Morgan fingerprint density at radius 2 is 1.80 bits per heavy atom. The molecule has 0 saturated heterocycles. The third kappa shape index (κ3) is 3.12. The molecule has 1 aliphatic rings. The molecule has 110 valence electrons. The number of phenols is 1. The molecule has 0 bridgehead atoms. The highest BCUT2D eigenvalue weighted by Gasteiger charge is 2.31. The van der Waals surface area contributed by atoms with E-state index in [0.717, 1.165) is 25.7 Å². The second-order valence-electron chi connectivity index (χ2n) is 5.17. The number of carbonyl (C=O) groups is 1. The van der Waals surface area contributed by atoms with Crippen LogP contribution < -0.4 is 5.32 Å². The van der Waals surface area contributed by atoms with Gasteiger partial charge in [0.2, 0.25) is 5.91 Å². The van der Waals surface area contributed by atoms with Gasteiger partial charge in [-0.1, -0.05) is 12.8 Å². The molecule has 2 N–H and O–H groups in total. The van der Waals surface area contributed by atoms with Gasteiger partial charge in [0.25, 0.3) is 0 Å². The van der Waals surface area contributed by atoms with E-state index in [9.17, 15) is 18.3 Å². The van der Waals surface area contributed by atoms with Gasteiger partial charge in [-0.15, -0.1) is 0 Å². The van der Waals surface area contributed by atoms with Crippen LogP contribution in [-0.4, -0.2) is 30.7 Å². The lowest BCUT2D eigenvalue weighted by molar-refractivity contribution is -0.121. The average Bonchev–Trinajstić information content (AvgIpc) is 2.91. The van der Waals surface area contributed by atoms with E-state index < -0.39 is 21.0 Å². The van der Waals surface area contributed by atoms with Gasteiger partial charge in [0.1, 0.15) is 11.0 Å². The molecule has 0 aliphatic heterocycles. The maximum Gasteiger partial charge on any atom is 0.238 e. The van der Waals surface area contributed by atoms with Gasteiger partial charge in [-0.2, -0.15) is 0 Å². The third-order valence-electron chi connectivity index (χ3n) is 3.70. The number of aromatic hydroxyl groups is 1. The van der Waals surface area contributed by atoms with Crippen molar-refractivity contribution in [1.29, 1.82) is 0 Å². The Labute approximate surface area is 118 Å². The van der Waals surface area contributed by atoms with Gasteiger partial charge in [0, 0.05) is 6.04 Å². The molecular formula is C14H19NO4S. The molecule has 1 atom stereocenters. The first-order valence-electron chi connectivity index (χ1n) is 6.74. The Hall–Kier alpha value is -1.56. The lowest BCUT2D eigenvalue weighted by atomic mass is 10.2. The molecule has 1 unspecified atom stereocenters. The highest BCUT2D eigenvalue weighted by molar-refractivity contribution is 7.92. The minimum atomic E-state index is -3.72. The van der Waals surface area contributed by atoms with Crippen molar-refractivity contribution in [3.05, 3.63) is 24.3 Å². The van der Waals surface area contributed by atoms with E-state index in [2.05, 4.69) is 5.32 Å². The van der Waals surface area contributed by atoms with Crippen LogP contribution in [0.1, 0.15) is 32.6 Å². The zero-order valence-electron chi connectivity index (χ0n) is 11.4. The van der Waals surface area contributed by atoms with Crippen molar-refractivity contribution in [2.45, 2.75) is 48.8 Å². The Bertz CT molecular complexity index is 574. The number of amides is 1. The van der Waals surface area contributed by atoms with Crippen LogP contribution in [0, 0.1) is 0 Å². The average molecular weight is 297 g/mol. The third-order valence-corrected chi connectivity index (χ3v) is 5.78. The molecule has 0 radical (unpaired) electrons. The van der Waals surface area contributed by atoms with Crippen LogP contribution in [0.15, 0.2) is 29.2 Å². The summed E-state index contributed by atoms with van der Waals surface area (Å²) in [5.74, 6) is -0.461. The fourth-order valence-corrected chi connectivity index (χ4v) is 3.64. The molecule has 5 nitrogen and oxygen atoms in total. The summed E-state index contributed by atoms with van der Waals surface area (Å²) >= 11 is 0. The van der Waals surface area contributed by atoms with E-state index in [1.54, 1.807) is 0 Å². The van der Waals surface area contributed by atoms with Crippen LogP contribution in [-0.2, 0) is 14.6 Å². The molecule has 2 rings (SSSR count). The van der Waals surface area contributed by atoms with Crippen molar-refractivity contribution >= 4 is 15.7 Å². The maximum absolute atomic E-state index is 12.3. The fourth-order valence-electron chi connectivity index (χ4n) is 2.37. The standard InChI is InChI=1S/C14H19NO4S/c1-10(14(17)15-11-4-2-3-5-11)20(18,19)13-8-6-12(16)7-9-13/h6-11,16H,2-5H2,1H3,(H,15,17). The molecule has 0 heterocycles. The fraction of sp³-hybridized carbons (Fsp3) is 0.500. The largest absolute Gasteiger partial charge is 0.508 e. The van der Waals surface area contributed by atoms with Crippen molar-refractivity contribution in [3.63, 3.8) is 0 Å². The first kappa shape index (κ1) is 14.8. The molecule has 1 aromatic carbocycles. The summed E-state index contributed by atoms with van der Waals surface area (Å²) in [6.07, 6.45) is 3.98. The van der Waals surface area contributed by atoms with Crippen LogP contribution in [0.5, 0.6) is 5.75 Å². The Morgan fingerprint density at radius 3 is 2.35 bits per heavy atom. The van der Waals surface area contributed by atoms with Gasteiger partial charge in [-0.25, -0.2) is 8.42 Å². The number of hydrogen-bond acceptors (Lipinski definition) is 4. The van der Waals surface area contributed by atoms with Crippen LogP contribution in [0.25, 0.3) is 0 Å². The van der Waals surface area contributed by atoms with Crippen molar-refractivity contribution in [2.24, 2.45) is 0 Å². The summed E-state index contributed by atoms with van der Waals surface area (Å²) in [5.41, 5.74) is 0. The minimum absolute atomic E-state index is 0.00740. The quantitative estimate of drug-likeness (QED) is 0.884. The lowest BCUT2D eigenvalue weighted by Gasteiger charge is -2.17. The van der Waals surface area contributed by atoms with E-state index in [-0.39, 0.29) is 16.7 Å². The molecule has 1 aliphatic carbocycles. The van der Waals surface area contributed by atoms with Crippen molar-refractivity contribution in [1.82, 2.24) is 5.32 Å². The van der Waals surface area contributed by atoms with Crippen LogP contribution in [0.4, 0.5) is 0 Å². The first-order chi connectivity index (χ1) is 9.41. The first-order valence-corrected chi connectivity index (χ1v) is 8.29. The summed E-state index contributed by atoms with van der Waals surface area (Å²) in [7, 11) is -3.72. The van der Waals surface area contributed by atoms with Gasteiger partial charge in [-0.3, -0.25) is 4.79 Å². The molecule has 6 heteroatoms. The summed E-state index contributed by atoms with van der Waals surface area (Å²) < 4.78 is 24.6. The smallest absolute Gasteiger partial charge is 0.238 e. The van der Waals surface area contributed by atoms with E-state index in [0.29, 0.717) is 0 Å². The van der Waals surface area contributed by atoms with Crippen LogP contribution in [0.2, 0.25) is 0 Å². The van der Waals surface area contributed by atoms with E-state index in [4.69, 9.17) is 0 Å². The molecule has 1 aromatic rings. The SMILES string of the molecule is CC(C(=O)NC1CCCC1)S(=O)(=O)c1ccc(O)cc1. The molecule has 1 amide bonds. The number of phenolic OH excluding ortho intramolecular Hbond substituents is 1. The predicted molar refractivity (Wildman–Crippen MR) is 75.2 cm³/mol. The van der Waals surface area contributed by atoms with Gasteiger partial charge >= 0.3 is 0 Å². The number of carbonyl (C=O) groups excluding carboxylic acids is 1. The number of sulfone groups is 1. The van der Waals surface area contributed by atoms with E-state index in [1.165, 1.54) is 31.2 Å². The maximum atomic E-state index is 12.3. The summed E-state index contributed by atoms with van der Waals surface area (Å²) in [4.78, 5) is 12.1. The van der Waals surface area contributed by atoms with Crippen LogP contribution in [0.3, 0.4) is 0 Å². The Morgan fingerprint density at radius 1 is 1.25 bits per heavy atom. The van der Waals surface area contributed by atoms with Crippen molar-refractivity contribution in [2.75, 3.05) is 0 Å². The monoisotopic (exact) mass is 297 g/mol. The topological polar surface area (TPSA) is 83.5 Å². The number of benzene rings is 1.